The second-order valence-corrected chi connectivity index (χ2v) is 5.22. The largest absolute Gasteiger partial charge is 0.497 e. The summed E-state index contributed by atoms with van der Waals surface area (Å²) in [6, 6.07) is 9.34. The first-order chi connectivity index (χ1) is 9.51. The van der Waals surface area contributed by atoms with Gasteiger partial charge in [-0.25, -0.2) is 4.39 Å². The van der Waals surface area contributed by atoms with Crippen LogP contribution in [0, 0.1) is 5.82 Å². The third-order valence-corrected chi connectivity index (χ3v) is 3.44. The van der Waals surface area contributed by atoms with Crippen molar-refractivity contribution >= 4 is 15.9 Å². The smallest absolute Gasteiger partial charge is 0.141 e. The van der Waals surface area contributed by atoms with E-state index in [-0.39, 0.29) is 11.9 Å². The highest BCUT2D eigenvalue weighted by atomic mass is 79.9. The van der Waals surface area contributed by atoms with E-state index in [0.29, 0.717) is 17.1 Å². The predicted octanol–water partition coefficient (Wildman–Crippen LogP) is 4.41. The molecule has 0 radical (unpaired) electrons. The molecule has 0 aromatic heterocycles. The molecule has 1 atom stereocenters. The highest BCUT2D eigenvalue weighted by Crippen LogP contribution is 2.35. The Labute approximate surface area is 125 Å². The minimum absolute atomic E-state index is 0.322. The molecule has 0 aliphatic rings. The van der Waals surface area contributed by atoms with Gasteiger partial charge < -0.3 is 15.2 Å². The van der Waals surface area contributed by atoms with Gasteiger partial charge in [0.15, 0.2) is 0 Å². The Kier molecular flexibility index (Phi) is 4.62. The molecule has 0 saturated carbocycles. The van der Waals surface area contributed by atoms with Gasteiger partial charge in [-0.3, -0.25) is 0 Å². The lowest BCUT2D eigenvalue weighted by atomic mass is 10.1. The first-order valence-electron chi connectivity index (χ1n) is 6.07. The maximum Gasteiger partial charge on any atom is 0.141 e. The predicted molar refractivity (Wildman–Crippen MR) is 79.8 cm³/mol. The van der Waals surface area contributed by atoms with Crippen LogP contribution in [0.5, 0.6) is 17.2 Å². The van der Waals surface area contributed by atoms with Crippen LogP contribution in [-0.4, -0.2) is 7.11 Å². The van der Waals surface area contributed by atoms with Gasteiger partial charge in [-0.2, -0.15) is 0 Å². The van der Waals surface area contributed by atoms with Crippen LogP contribution in [0.3, 0.4) is 0 Å². The topological polar surface area (TPSA) is 44.5 Å². The number of halogens is 2. The molecule has 0 aliphatic heterocycles. The third-order valence-electron chi connectivity index (χ3n) is 2.82. The fourth-order valence-electron chi connectivity index (χ4n) is 1.78. The minimum Gasteiger partial charge on any atom is -0.497 e. The number of nitrogens with two attached hydrogens (primary N) is 1. The van der Waals surface area contributed by atoms with Crippen LogP contribution in [0.15, 0.2) is 40.9 Å². The molecule has 0 saturated heterocycles. The number of benzene rings is 2. The molecule has 0 amide bonds. The average molecular weight is 340 g/mol. The first-order valence-corrected chi connectivity index (χ1v) is 6.87. The summed E-state index contributed by atoms with van der Waals surface area (Å²) in [4.78, 5) is 0. The van der Waals surface area contributed by atoms with E-state index in [0.717, 1.165) is 10.2 Å². The molecule has 0 unspecified atom stereocenters. The molecular weight excluding hydrogens is 325 g/mol. The number of hydrogen-bond donors (Lipinski definition) is 1. The van der Waals surface area contributed by atoms with Crippen molar-refractivity contribution in [2.24, 2.45) is 5.73 Å². The van der Waals surface area contributed by atoms with Crippen molar-refractivity contribution in [2.45, 2.75) is 13.0 Å². The Bertz CT molecular complexity index is 617. The Morgan fingerprint density at radius 2 is 1.85 bits per heavy atom. The standard InChI is InChI=1S/C15H15BrFNO2/c1-9(18)12-7-10(17)3-5-14(12)20-15-6-4-11(19-2)8-13(15)16/h3-9H,18H2,1-2H3/t9-/m1/s1. The number of rotatable bonds is 4. The van der Waals surface area contributed by atoms with Gasteiger partial charge in [0.1, 0.15) is 23.1 Å². The molecule has 2 aromatic carbocycles. The second-order valence-electron chi connectivity index (χ2n) is 4.37. The van der Waals surface area contributed by atoms with Crippen molar-refractivity contribution in [2.75, 3.05) is 7.11 Å². The zero-order valence-corrected chi connectivity index (χ0v) is 12.8. The van der Waals surface area contributed by atoms with E-state index in [1.54, 1.807) is 38.3 Å². The van der Waals surface area contributed by atoms with Crippen molar-refractivity contribution in [3.63, 3.8) is 0 Å². The maximum absolute atomic E-state index is 13.3. The normalized spacial score (nSPS) is 12.1. The van der Waals surface area contributed by atoms with Crippen molar-refractivity contribution < 1.29 is 13.9 Å². The maximum atomic E-state index is 13.3. The Balaban J connectivity index is 2.35. The molecule has 106 valence electrons. The van der Waals surface area contributed by atoms with E-state index in [2.05, 4.69) is 15.9 Å². The van der Waals surface area contributed by atoms with Gasteiger partial charge in [-0.15, -0.1) is 0 Å². The van der Waals surface area contributed by atoms with Gasteiger partial charge in [-0.05, 0) is 59.3 Å². The molecule has 0 heterocycles. The van der Waals surface area contributed by atoms with E-state index in [1.807, 2.05) is 0 Å². The molecule has 0 spiro atoms. The second kappa shape index (κ2) is 6.24. The van der Waals surface area contributed by atoms with E-state index >= 15 is 0 Å². The van der Waals surface area contributed by atoms with E-state index in [1.165, 1.54) is 12.1 Å². The molecule has 0 bridgehead atoms. The summed E-state index contributed by atoms with van der Waals surface area (Å²) < 4.78 is 25.0. The van der Waals surface area contributed by atoms with E-state index < -0.39 is 0 Å². The van der Waals surface area contributed by atoms with Crippen LogP contribution >= 0.6 is 15.9 Å². The van der Waals surface area contributed by atoms with Crippen LogP contribution in [0.1, 0.15) is 18.5 Å². The van der Waals surface area contributed by atoms with Crippen LogP contribution < -0.4 is 15.2 Å². The highest BCUT2D eigenvalue weighted by molar-refractivity contribution is 9.10. The fraction of sp³-hybridized carbons (Fsp3) is 0.200. The van der Waals surface area contributed by atoms with Crippen LogP contribution in [0.25, 0.3) is 0 Å². The van der Waals surface area contributed by atoms with Gasteiger partial charge in [0.2, 0.25) is 0 Å². The molecule has 20 heavy (non-hydrogen) atoms. The van der Waals surface area contributed by atoms with Gasteiger partial charge in [0, 0.05) is 11.6 Å². The third kappa shape index (κ3) is 3.29. The van der Waals surface area contributed by atoms with Gasteiger partial charge in [-0.1, -0.05) is 0 Å². The molecule has 2 aromatic rings. The van der Waals surface area contributed by atoms with Crippen LogP contribution in [0.4, 0.5) is 4.39 Å². The number of ether oxygens (including phenoxy) is 2. The molecule has 5 heteroatoms. The Hall–Kier alpha value is -1.59. The molecule has 3 nitrogen and oxygen atoms in total. The van der Waals surface area contributed by atoms with Crippen molar-refractivity contribution in [1.82, 2.24) is 0 Å². The molecular formula is C15H15BrFNO2. The number of methoxy groups -OCH3 is 1. The SMILES string of the molecule is COc1ccc(Oc2ccc(F)cc2[C@@H](C)N)c(Br)c1. The molecule has 2 rings (SSSR count). The highest BCUT2D eigenvalue weighted by Gasteiger charge is 2.12. The summed E-state index contributed by atoms with van der Waals surface area (Å²) >= 11 is 3.41. The van der Waals surface area contributed by atoms with Gasteiger partial charge in [0.25, 0.3) is 0 Å². The zero-order chi connectivity index (χ0) is 14.7. The lowest BCUT2D eigenvalue weighted by Gasteiger charge is -2.15. The summed E-state index contributed by atoms with van der Waals surface area (Å²) in [6.07, 6.45) is 0. The fourth-order valence-corrected chi connectivity index (χ4v) is 2.22. The summed E-state index contributed by atoms with van der Waals surface area (Å²) in [5, 5.41) is 0. The summed E-state index contributed by atoms with van der Waals surface area (Å²) in [7, 11) is 1.59. The first kappa shape index (κ1) is 14.8. The lowest BCUT2D eigenvalue weighted by Crippen LogP contribution is -2.07. The minimum atomic E-state index is -0.335. The Morgan fingerprint density at radius 3 is 2.45 bits per heavy atom. The van der Waals surface area contributed by atoms with E-state index in [9.17, 15) is 4.39 Å². The summed E-state index contributed by atoms with van der Waals surface area (Å²) in [5.41, 5.74) is 6.46. The molecule has 0 fully saturated rings. The van der Waals surface area contributed by atoms with Crippen molar-refractivity contribution in [3.05, 3.63) is 52.3 Å². The van der Waals surface area contributed by atoms with Crippen molar-refractivity contribution in [3.8, 4) is 17.2 Å². The van der Waals surface area contributed by atoms with Crippen LogP contribution in [0.2, 0.25) is 0 Å². The average Bonchev–Trinajstić information content (AvgIpc) is 2.42. The van der Waals surface area contributed by atoms with E-state index in [4.69, 9.17) is 15.2 Å². The zero-order valence-electron chi connectivity index (χ0n) is 11.2. The molecule has 0 aliphatic carbocycles. The summed E-state index contributed by atoms with van der Waals surface area (Å²) in [6.45, 7) is 1.78. The quantitative estimate of drug-likeness (QED) is 0.897. The monoisotopic (exact) mass is 339 g/mol. The number of hydrogen-bond acceptors (Lipinski definition) is 3. The van der Waals surface area contributed by atoms with Crippen LogP contribution in [-0.2, 0) is 0 Å². The van der Waals surface area contributed by atoms with Gasteiger partial charge in [0.05, 0.1) is 11.6 Å². The molecule has 2 N–H and O–H groups in total. The van der Waals surface area contributed by atoms with Crippen molar-refractivity contribution in [1.29, 1.82) is 0 Å². The lowest BCUT2D eigenvalue weighted by molar-refractivity contribution is 0.412. The Morgan fingerprint density at radius 1 is 1.15 bits per heavy atom. The van der Waals surface area contributed by atoms with Gasteiger partial charge >= 0.3 is 0 Å². The summed E-state index contributed by atoms with van der Waals surface area (Å²) in [5.74, 6) is 1.53.